The molecule has 0 aliphatic heterocycles. The molecule has 0 radical (unpaired) electrons. The summed E-state index contributed by atoms with van der Waals surface area (Å²) in [5.74, 6) is 0.796. The third-order valence-electron chi connectivity index (χ3n) is 3.08. The van der Waals surface area contributed by atoms with Crippen molar-refractivity contribution in [2.75, 3.05) is 7.05 Å². The number of nitrogens with one attached hydrogen (secondary N) is 1. The van der Waals surface area contributed by atoms with Gasteiger partial charge in [-0.2, -0.15) is 0 Å². The normalized spacial score (nSPS) is 15.3. The highest BCUT2D eigenvalue weighted by Gasteiger charge is 2.16. The first-order valence-electron chi connectivity index (χ1n) is 5.82. The lowest BCUT2D eigenvalue weighted by Gasteiger charge is -2.19. The molecule has 1 rings (SSSR count). The van der Waals surface area contributed by atoms with Gasteiger partial charge in [-0.05, 0) is 44.9 Å². The van der Waals surface area contributed by atoms with Crippen molar-refractivity contribution in [2.45, 2.75) is 46.6 Å². The van der Waals surface area contributed by atoms with Crippen LogP contribution in [0.1, 0.15) is 48.0 Å². The van der Waals surface area contributed by atoms with E-state index in [9.17, 15) is 0 Å². The lowest BCUT2D eigenvalue weighted by molar-refractivity contribution is 0.425. The Morgan fingerprint density at radius 3 is 2.47 bits per heavy atom. The molecule has 0 saturated carbocycles. The summed E-state index contributed by atoms with van der Waals surface area (Å²) in [6.45, 7) is 9.01. The van der Waals surface area contributed by atoms with Gasteiger partial charge in [-0.3, -0.25) is 0 Å². The van der Waals surface area contributed by atoms with Gasteiger partial charge in [0, 0.05) is 15.8 Å². The quantitative estimate of drug-likeness (QED) is 0.797. The van der Waals surface area contributed by atoms with Gasteiger partial charge in [0.1, 0.15) is 0 Å². The molecule has 1 nitrogen and oxygen atoms in total. The molecule has 0 fully saturated rings. The van der Waals surface area contributed by atoms with Gasteiger partial charge in [0.2, 0.25) is 0 Å². The Hall–Kier alpha value is -0.340. The Bertz CT molecular complexity index is 303. The number of hydrogen-bond donors (Lipinski definition) is 1. The van der Waals surface area contributed by atoms with Crippen LogP contribution < -0.4 is 5.32 Å². The maximum absolute atomic E-state index is 3.45. The van der Waals surface area contributed by atoms with Gasteiger partial charge in [-0.25, -0.2) is 0 Å². The van der Waals surface area contributed by atoms with Crippen LogP contribution in [0.15, 0.2) is 6.07 Å². The van der Waals surface area contributed by atoms with Gasteiger partial charge in [-0.1, -0.05) is 20.3 Å². The molecular weight excluding hydrogens is 202 g/mol. The average Bonchev–Trinajstić information content (AvgIpc) is 2.54. The van der Waals surface area contributed by atoms with Gasteiger partial charge in [-0.15, -0.1) is 11.3 Å². The van der Waals surface area contributed by atoms with E-state index in [0.717, 1.165) is 5.92 Å². The van der Waals surface area contributed by atoms with Crippen LogP contribution in [-0.2, 0) is 0 Å². The van der Waals surface area contributed by atoms with Crippen LogP contribution >= 0.6 is 11.3 Å². The van der Waals surface area contributed by atoms with E-state index in [4.69, 9.17) is 0 Å². The monoisotopic (exact) mass is 225 g/mol. The highest BCUT2D eigenvalue weighted by molar-refractivity contribution is 7.12. The molecule has 2 unspecified atom stereocenters. The predicted molar refractivity (Wildman–Crippen MR) is 69.7 cm³/mol. The van der Waals surface area contributed by atoms with Crippen LogP contribution in [0.5, 0.6) is 0 Å². The molecule has 1 N–H and O–H groups in total. The molecule has 0 bridgehead atoms. The molecule has 86 valence electrons. The van der Waals surface area contributed by atoms with Gasteiger partial charge in [0.15, 0.2) is 0 Å². The molecule has 1 aromatic rings. The summed E-state index contributed by atoms with van der Waals surface area (Å²) in [5.41, 5.74) is 1.44. The van der Waals surface area contributed by atoms with Crippen molar-refractivity contribution in [3.8, 4) is 0 Å². The topological polar surface area (TPSA) is 12.0 Å². The zero-order valence-electron chi connectivity index (χ0n) is 10.6. The Labute approximate surface area is 97.9 Å². The Kier molecular flexibility index (Phi) is 4.81. The smallest absolute Gasteiger partial charge is 0.0417 e. The number of hydrogen-bond acceptors (Lipinski definition) is 2. The standard InChI is InChI=1S/C13H23NS/c1-6-9(2)7-12(14-5)13-10(3)8-11(4)15-13/h8-9,12,14H,6-7H2,1-5H3. The summed E-state index contributed by atoms with van der Waals surface area (Å²) in [5, 5.41) is 3.45. The first-order chi connectivity index (χ1) is 7.08. The largest absolute Gasteiger partial charge is 0.312 e. The second-order valence-electron chi connectivity index (χ2n) is 4.49. The summed E-state index contributed by atoms with van der Waals surface area (Å²) in [6, 6.07) is 2.83. The summed E-state index contributed by atoms with van der Waals surface area (Å²) in [4.78, 5) is 2.95. The number of rotatable bonds is 5. The van der Waals surface area contributed by atoms with Crippen molar-refractivity contribution in [1.29, 1.82) is 0 Å². The van der Waals surface area contributed by atoms with E-state index in [0.29, 0.717) is 6.04 Å². The van der Waals surface area contributed by atoms with Crippen LogP contribution in [0.4, 0.5) is 0 Å². The third-order valence-corrected chi connectivity index (χ3v) is 4.35. The fraction of sp³-hybridized carbons (Fsp3) is 0.692. The summed E-state index contributed by atoms with van der Waals surface area (Å²) < 4.78 is 0. The van der Waals surface area contributed by atoms with Gasteiger partial charge >= 0.3 is 0 Å². The second-order valence-corrected chi connectivity index (χ2v) is 5.78. The zero-order valence-corrected chi connectivity index (χ0v) is 11.4. The van der Waals surface area contributed by atoms with Crippen LogP contribution in [-0.4, -0.2) is 7.05 Å². The Morgan fingerprint density at radius 2 is 2.07 bits per heavy atom. The lowest BCUT2D eigenvalue weighted by Crippen LogP contribution is -2.18. The minimum absolute atomic E-state index is 0.540. The van der Waals surface area contributed by atoms with E-state index in [1.54, 1.807) is 0 Å². The van der Waals surface area contributed by atoms with E-state index in [1.807, 2.05) is 11.3 Å². The van der Waals surface area contributed by atoms with Crippen LogP contribution in [0, 0.1) is 19.8 Å². The Balaban J connectivity index is 2.78. The molecule has 2 heteroatoms. The van der Waals surface area contributed by atoms with Crippen molar-refractivity contribution < 1.29 is 0 Å². The molecule has 0 spiro atoms. The lowest BCUT2D eigenvalue weighted by atomic mass is 9.97. The molecular formula is C13H23NS. The first-order valence-corrected chi connectivity index (χ1v) is 6.64. The van der Waals surface area contributed by atoms with Gasteiger partial charge in [0.05, 0.1) is 0 Å². The summed E-state index contributed by atoms with van der Waals surface area (Å²) in [6.07, 6.45) is 2.51. The maximum atomic E-state index is 3.45. The highest BCUT2D eigenvalue weighted by atomic mass is 32.1. The first kappa shape index (κ1) is 12.7. The zero-order chi connectivity index (χ0) is 11.4. The minimum Gasteiger partial charge on any atom is -0.312 e. The fourth-order valence-electron chi connectivity index (χ4n) is 1.93. The molecule has 0 aromatic carbocycles. The van der Waals surface area contributed by atoms with Crippen LogP contribution in [0.25, 0.3) is 0 Å². The molecule has 0 aliphatic rings. The summed E-state index contributed by atoms with van der Waals surface area (Å²) >= 11 is 1.94. The molecule has 0 amide bonds. The molecule has 1 aromatic heterocycles. The van der Waals surface area contributed by atoms with Gasteiger partial charge in [0.25, 0.3) is 0 Å². The molecule has 1 heterocycles. The predicted octanol–water partition coefficient (Wildman–Crippen LogP) is 4.06. The van der Waals surface area contributed by atoms with Crippen molar-refractivity contribution in [3.63, 3.8) is 0 Å². The van der Waals surface area contributed by atoms with E-state index in [-0.39, 0.29) is 0 Å². The van der Waals surface area contributed by atoms with E-state index >= 15 is 0 Å². The third kappa shape index (κ3) is 3.32. The Morgan fingerprint density at radius 1 is 1.40 bits per heavy atom. The van der Waals surface area contributed by atoms with Crippen molar-refractivity contribution in [3.05, 3.63) is 21.4 Å². The van der Waals surface area contributed by atoms with Crippen molar-refractivity contribution in [1.82, 2.24) is 5.32 Å². The maximum Gasteiger partial charge on any atom is 0.0417 e. The van der Waals surface area contributed by atoms with Crippen LogP contribution in [0.2, 0.25) is 0 Å². The van der Waals surface area contributed by atoms with Gasteiger partial charge < -0.3 is 5.32 Å². The minimum atomic E-state index is 0.540. The van der Waals surface area contributed by atoms with E-state index in [2.05, 4.69) is 46.1 Å². The number of thiophene rings is 1. The summed E-state index contributed by atoms with van der Waals surface area (Å²) in [7, 11) is 2.07. The molecule has 0 aliphatic carbocycles. The average molecular weight is 225 g/mol. The number of aryl methyl sites for hydroxylation is 2. The molecule has 0 saturated heterocycles. The fourth-order valence-corrected chi connectivity index (χ4v) is 3.09. The second kappa shape index (κ2) is 5.66. The SMILES string of the molecule is CCC(C)CC(NC)c1sc(C)cc1C. The van der Waals surface area contributed by atoms with Crippen molar-refractivity contribution in [2.24, 2.45) is 5.92 Å². The molecule has 15 heavy (non-hydrogen) atoms. The molecule has 2 atom stereocenters. The highest BCUT2D eigenvalue weighted by Crippen LogP contribution is 2.31. The van der Waals surface area contributed by atoms with Crippen LogP contribution in [0.3, 0.4) is 0 Å². The van der Waals surface area contributed by atoms with Crippen molar-refractivity contribution >= 4 is 11.3 Å². The van der Waals surface area contributed by atoms with E-state index in [1.165, 1.54) is 28.2 Å². The van der Waals surface area contributed by atoms with E-state index < -0.39 is 0 Å².